The van der Waals surface area contributed by atoms with Crippen LogP contribution in [0.2, 0.25) is 0 Å². The van der Waals surface area contributed by atoms with Crippen LogP contribution in [-0.2, 0) is 13.0 Å². The summed E-state index contributed by atoms with van der Waals surface area (Å²) in [5.74, 6) is 5.73. The minimum atomic E-state index is 0.0318. The Morgan fingerprint density at radius 3 is 2.83 bits per heavy atom. The number of aromatic nitrogens is 2. The average Bonchev–Trinajstić information content (AvgIpc) is 3.01. The molecule has 18 heavy (non-hydrogen) atoms. The summed E-state index contributed by atoms with van der Waals surface area (Å²) < 4.78 is 2.02. The number of thiophene rings is 1. The summed E-state index contributed by atoms with van der Waals surface area (Å²) >= 11 is 1.81. The molecule has 0 aliphatic carbocycles. The first-order valence-electron chi connectivity index (χ1n) is 6.36. The van der Waals surface area contributed by atoms with Crippen LogP contribution in [0, 0.1) is 0 Å². The first-order valence-corrected chi connectivity index (χ1v) is 7.18. The molecule has 0 bridgehead atoms. The van der Waals surface area contributed by atoms with Gasteiger partial charge in [0.1, 0.15) is 0 Å². The van der Waals surface area contributed by atoms with E-state index in [-0.39, 0.29) is 6.04 Å². The minimum absolute atomic E-state index is 0.0318. The van der Waals surface area contributed by atoms with Crippen LogP contribution in [0.15, 0.2) is 24.4 Å². The molecule has 2 aromatic heterocycles. The predicted molar refractivity (Wildman–Crippen MR) is 75.4 cm³/mol. The predicted octanol–water partition coefficient (Wildman–Crippen LogP) is 2.47. The van der Waals surface area contributed by atoms with Crippen molar-refractivity contribution >= 4 is 11.3 Å². The monoisotopic (exact) mass is 264 g/mol. The third kappa shape index (κ3) is 2.63. The topological polar surface area (TPSA) is 55.9 Å². The lowest BCUT2D eigenvalue weighted by Crippen LogP contribution is -2.30. The van der Waals surface area contributed by atoms with Crippen molar-refractivity contribution in [3.63, 3.8) is 0 Å². The third-order valence-electron chi connectivity index (χ3n) is 2.96. The Morgan fingerprint density at radius 2 is 2.22 bits per heavy atom. The van der Waals surface area contributed by atoms with Gasteiger partial charge in [0.25, 0.3) is 0 Å². The molecule has 2 rings (SSSR count). The Labute approximate surface area is 112 Å². The molecule has 0 aliphatic rings. The van der Waals surface area contributed by atoms with E-state index in [1.54, 1.807) is 11.3 Å². The van der Waals surface area contributed by atoms with E-state index in [1.165, 1.54) is 9.75 Å². The van der Waals surface area contributed by atoms with E-state index in [0.29, 0.717) is 0 Å². The van der Waals surface area contributed by atoms with Gasteiger partial charge in [0.05, 0.1) is 11.7 Å². The maximum atomic E-state index is 5.73. The Bertz CT molecular complexity index is 489. The van der Waals surface area contributed by atoms with Gasteiger partial charge in [-0.3, -0.25) is 10.5 Å². The van der Waals surface area contributed by atoms with Crippen molar-refractivity contribution in [3.8, 4) is 0 Å². The van der Waals surface area contributed by atoms with Crippen LogP contribution in [0.1, 0.15) is 41.8 Å². The highest BCUT2D eigenvalue weighted by molar-refractivity contribution is 7.12. The van der Waals surface area contributed by atoms with Crippen molar-refractivity contribution < 1.29 is 0 Å². The van der Waals surface area contributed by atoms with Crippen LogP contribution in [0.4, 0.5) is 0 Å². The van der Waals surface area contributed by atoms with E-state index in [0.717, 1.165) is 25.1 Å². The molecular weight excluding hydrogens is 244 g/mol. The maximum absolute atomic E-state index is 5.73. The zero-order chi connectivity index (χ0) is 13.0. The van der Waals surface area contributed by atoms with Gasteiger partial charge < -0.3 is 0 Å². The van der Waals surface area contributed by atoms with Gasteiger partial charge in [0.2, 0.25) is 0 Å². The summed E-state index contributed by atoms with van der Waals surface area (Å²) in [4.78, 5) is 2.62. The standard InChI is InChI=1S/C13H20N4S/c1-3-9-17-11(7-8-15-17)13(16-14)12-6-5-10(4-2)18-12/h5-8,13,16H,3-4,9,14H2,1-2H3. The van der Waals surface area contributed by atoms with Gasteiger partial charge in [0, 0.05) is 22.5 Å². The van der Waals surface area contributed by atoms with Gasteiger partial charge in [-0.15, -0.1) is 11.3 Å². The van der Waals surface area contributed by atoms with Crippen molar-refractivity contribution in [3.05, 3.63) is 39.8 Å². The zero-order valence-electron chi connectivity index (χ0n) is 10.9. The molecule has 0 spiro atoms. The highest BCUT2D eigenvalue weighted by atomic mass is 32.1. The van der Waals surface area contributed by atoms with E-state index >= 15 is 0 Å². The molecule has 5 heteroatoms. The second-order valence-corrected chi connectivity index (χ2v) is 5.44. The fourth-order valence-electron chi connectivity index (χ4n) is 2.04. The number of hydrogen-bond donors (Lipinski definition) is 2. The number of hydrogen-bond acceptors (Lipinski definition) is 4. The lowest BCUT2D eigenvalue weighted by Gasteiger charge is -2.16. The highest BCUT2D eigenvalue weighted by Crippen LogP contribution is 2.28. The fourth-order valence-corrected chi connectivity index (χ4v) is 3.07. The second kappa shape index (κ2) is 6.13. The van der Waals surface area contributed by atoms with E-state index in [9.17, 15) is 0 Å². The molecule has 0 saturated carbocycles. The Kier molecular flexibility index (Phi) is 4.52. The number of nitrogens with two attached hydrogens (primary N) is 1. The number of rotatable bonds is 6. The van der Waals surface area contributed by atoms with Crippen LogP contribution < -0.4 is 11.3 Å². The first kappa shape index (κ1) is 13.3. The minimum Gasteiger partial charge on any atom is -0.270 e. The van der Waals surface area contributed by atoms with Crippen molar-refractivity contribution in [2.45, 2.75) is 39.3 Å². The molecule has 2 aromatic rings. The van der Waals surface area contributed by atoms with Crippen molar-refractivity contribution in [1.82, 2.24) is 15.2 Å². The third-order valence-corrected chi connectivity index (χ3v) is 4.26. The van der Waals surface area contributed by atoms with Crippen molar-refractivity contribution in [2.24, 2.45) is 5.84 Å². The molecule has 98 valence electrons. The van der Waals surface area contributed by atoms with E-state index < -0.39 is 0 Å². The van der Waals surface area contributed by atoms with Crippen LogP contribution in [0.25, 0.3) is 0 Å². The molecule has 2 heterocycles. The maximum Gasteiger partial charge on any atom is 0.0970 e. The summed E-state index contributed by atoms with van der Waals surface area (Å²) in [6.07, 6.45) is 3.97. The largest absolute Gasteiger partial charge is 0.270 e. The quantitative estimate of drug-likeness (QED) is 0.622. The van der Waals surface area contributed by atoms with Gasteiger partial charge in [-0.1, -0.05) is 13.8 Å². The molecule has 0 amide bonds. The number of nitrogens with one attached hydrogen (secondary N) is 1. The van der Waals surface area contributed by atoms with E-state index in [2.05, 4.69) is 36.5 Å². The van der Waals surface area contributed by atoms with Crippen LogP contribution in [0.5, 0.6) is 0 Å². The second-order valence-electron chi connectivity index (χ2n) is 4.24. The molecule has 0 aliphatic heterocycles. The van der Waals surface area contributed by atoms with E-state index in [4.69, 9.17) is 5.84 Å². The summed E-state index contributed by atoms with van der Waals surface area (Å²) in [7, 11) is 0. The average molecular weight is 264 g/mol. The number of hydrazine groups is 1. The molecule has 0 radical (unpaired) electrons. The molecule has 1 unspecified atom stereocenters. The van der Waals surface area contributed by atoms with Gasteiger partial charge in [-0.05, 0) is 31.0 Å². The lowest BCUT2D eigenvalue weighted by molar-refractivity contribution is 0.524. The lowest BCUT2D eigenvalue weighted by atomic mass is 10.2. The number of aryl methyl sites for hydroxylation is 2. The van der Waals surface area contributed by atoms with Gasteiger partial charge >= 0.3 is 0 Å². The Hall–Kier alpha value is -1.17. The molecule has 1 atom stereocenters. The van der Waals surface area contributed by atoms with Gasteiger partial charge in [0.15, 0.2) is 0 Å². The number of nitrogens with zero attached hydrogens (tertiary/aromatic N) is 2. The normalized spacial score (nSPS) is 12.8. The van der Waals surface area contributed by atoms with Crippen LogP contribution in [-0.4, -0.2) is 9.78 Å². The van der Waals surface area contributed by atoms with Crippen LogP contribution >= 0.6 is 11.3 Å². The van der Waals surface area contributed by atoms with Gasteiger partial charge in [-0.2, -0.15) is 5.10 Å². The molecule has 0 aromatic carbocycles. The molecule has 0 fully saturated rings. The molecule has 3 N–H and O–H groups in total. The first-order chi connectivity index (χ1) is 8.80. The summed E-state index contributed by atoms with van der Waals surface area (Å²) in [6.45, 7) is 5.24. The summed E-state index contributed by atoms with van der Waals surface area (Å²) in [5.41, 5.74) is 4.04. The Morgan fingerprint density at radius 1 is 1.39 bits per heavy atom. The molecular formula is C13H20N4S. The SMILES string of the molecule is CCCn1nccc1C(NN)c1ccc(CC)s1. The Balaban J connectivity index is 2.29. The molecule has 0 saturated heterocycles. The summed E-state index contributed by atoms with van der Waals surface area (Å²) in [5, 5.41) is 4.35. The summed E-state index contributed by atoms with van der Waals surface area (Å²) in [6, 6.07) is 6.39. The highest BCUT2D eigenvalue weighted by Gasteiger charge is 2.18. The van der Waals surface area contributed by atoms with E-state index in [1.807, 2.05) is 16.9 Å². The fraction of sp³-hybridized carbons (Fsp3) is 0.462. The zero-order valence-corrected chi connectivity index (χ0v) is 11.7. The van der Waals surface area contributed by atoms with Crippen LogP contribution in [0.3, 0.4) is 0 Å². The van der Waals surface area contributed by atoms with Gasteiger partial charge in [-0.25, -0.2) is 5.43 Å². The smallest absolute Gasteiger partial charge is 0.0970 e. The van der Waals surface area contributed by atoms with Crippen molar-refractivity contribution in [1.29, 1.82) is 0 Å². The molecule has 4 nitrogen and oxygen atoms in total. The van der Waals surface area contributed by atoms with Crippen molar-refractivity contribution in [2.75, 3.05) is 0 Å².